The molecule has 1 N–H and O–H groups in total. The van der Waals surface area contributed by atoms with Crippen LogP contribution in [0.25, 0.3) is 0 Å². The Bertz CT molecular complexity index is 699. The third kappa shape index (κ3) is 3.66. The molecule has 0 bridgehead atoms. The summed E-state index contributed by atoms with van der Waals surface area (Å²) in [5.74, 6) is 0.954. The number of aliphatic hydroxyl groups is 1. The molecule has 4 rings (SSSR count). The topological polar surface area (TPSA) is 45.6 Å². The lowest BCUT2D eigenvalue weighted by Crippen LogP contribution is -2.51. The second kappa shape index (κ2) is 6.94. The average Bonchev–Trinajstić information content (AvgIpc) is 2.63. The van der Waals surface area contributed by atoms with Gasteiger partial charge in [-0.05, 0) is 30.5 Å². The third-order valence-electron chi connectivity index (χ3n) is 5.37. The standard InChI is InChI=1S/C20H23ClN2O2/c21-16-6-7-19(22-14-16)23-10-8-20(9-11-23)13-17(24)12-18(25-20)15-4-2-1-3-5-15/h1-7,14,17-18,24H,8-13H2/t17-,18-/m1/s1. The summed E-state index contributed by atoms with van der Waals surface area (Å²) in [5, 5.41) is 11.1. The Kier molecular flexibility index (Phi) is 4.67. The molecule has 3 heterocycles. The highest BCUT2D eigenvalue weighted by atomic mass is 35.5. The van der Waals surface area contributed by atoms with Crippen LogP contribution >= 0.6 is 11.6 Å². The number of rotatable bonds is 2. The molecule has 2 aromatic rings. The maximum absolute atomic E-state index is 10.5. The lowest BCUT2D eigenvalue weighted by molar-refractivity contribution is -0.173. The van der Waals surface area contributed by atoms with E-state index in [0.717, 1.165) is 43.7 Å². The minimum Gasteiger partial charge on any atom is -0.393 e. The van der Waals surface area contributed by atoms with E-state index >= 15 is 0 Å². The largest absolute Gasteiger partial charge is 0.393 e. The zero-order valence-corrected chi connectivity index (χ0v) is 14.9. The van der Waals surface area contributed by atoms with Crippen molar-refractivity contribution >= 4 is 17.4 Å². The van der Waals surface area contributed by atoms with Gasteiger partial charge in [-0.1, -0.05) is 41.9 Å². The fourth-order valence-electron chi connectivity index (χ4n) is 4.05. The minimum atomic E-state index is -0.306. The van der Waals surface area contributed by atoms with E-state index in [4.69, 9.17) is 16.3 Å². The van der Waals surface area contributed by atoms with Crippen molar-refractivity contribution in [3.63, 3.8) is 0 Å². The Hall–Kier alpha value is -1.62. The van der Waals surface area contributed by atoms with Crippen LogP contribution in [0.15, 0.2) is 48.7 Å². The summed E-state index contributed by atoms with van der Waals surface area (Å²) in [7, 11) is 0. The zero-order chi connectivity index (χ0) is 17.3. The predicted octanol–water partition coefficient (Wildman–Crippen LogP) is 3.99. The Morgan fingerprint density at radius 3 is 2.56 bits per heavy atom. The molecule has 1 aromatic heterocycles. The van der Waals surface area contributed by atoms with Crippen molar-refractivity contribution in [3.05, 3.63) is 59.2 Å². The van der Waals surface area contributed by atoms with Crippen LogP contribution in [-0.4, -0.2) is 34.9 Å². The molecule has 1 aromatic carbocycles. The number of hydrogen-bond acceptors (Lipinski definition) is 4. The van der Waals surface area contributed by atoms with Crippen LogP contribution < -0.4 is 4.90 Å². The summed E-state index contributed by atoms with van der Waals surface area (Å²) in [5.41, 5.74) is 0.920. The first kappa shape index (κ1) is 16.8. The van der Waals surface area contributed by atoms with Crippen molar-refractivity contribution in [2.75, 3.05) is 18.0 Å². The van der Waals surface area contributed by atoms with Gasteiger partial charge in [0.05, 0.1) is 22.8 Å². The summed E-state index contributed by atoms with van der Waals surface area (Å²) in [4.78, 5) is 6.68. The molecule has 2 saturated heterocycles. The van der Waals surface area contributed by atoms with Crippen molar-refractivity contribution in [3.8, 4) is 0 Å². The van der Waals surface area contributed by atoms with Gasteiger partial charge in [-0.3, -0.25) is 0 Å². The number of piperidine rings is 1. The lowest BCUT2D eigenvalue weighted by Gasteiger charge is -2.48. The van der Waals surface area contributed by atoms with Gasteiger partial charge in [-0.25, -0.2) is 4.98 Å². The number of halogens is 1. The summed E-state index contributed by atoms with van der Waals surface area (Å²) in [6.07, 6.45) is 4.55. The second-order valence-electron chi connectivity index (χ2n) is 7.12. The number of nitrogens with zero attached hydrogens (tertiary/aromatic N) is 2. The number of pyridine rings is 1. The first-order chi connectivity index (χ1) is 12.1. The fraction of sp³-hybridized carbons (Fsp3) is 0.450. The number of hydrogen-bond donors (Lipinski definition) is 1. The summed E-state index contributed by atoms with van der Waals surface area (Å²) in [6.45, 7) is 1.76. The second-order valence-corrected chi connectivity index (χ2v) is 7.55. The van der Waals surface area contributed by atoms with Crippen molar-refractivity contribution in [1.82, 2.24) is 4.98 Å². The van der Waals surface area contributed by atoms with E-state index in [1.54, 1.807) is 6.20 Å². The molecule has 0 aliphatic carbocycles. The molecule has 1 spiro atoms. The maximum Gasteiger partial charge on any atom is 0.128 e. The molecule has 2 atom stereocenters. The summed E-state index contributed by atoms with van der Waals surface area (Å²) >= 11 is 5.93. The third-order valence-corrected chi connectivity index (χ3v) is 5.59. The SMILES string of the molecule is O[C@@H]1C[C@H](c2ccccc2)OC2(CCN(c3ccc(Cl)cn3)CC2)C1. The first-order valence-electron chi connectivity index (χ1n) is 8.91. The molecule has 2 aliphatic rings. The van der Waals surface area contributed by atoms with E-state index in [1.807, 2.05) is 30.3 Å². The molecule has 5 heteroatoms. The van der Waals surface area contributed by atoms with E-state index in [9.17, 15) is 5.11 Å². The van der Waals surface area contributed by atoms with Gasteiger partial charge < -0.3 is 14.7 Å². The predicted molar refractivity (Wildman–Crippen MR) is 98.9 cm³/mol. The van der Waals surface area contributed by atoms with E-state index in [0.29, 0.717) is 11.4 Å². The highest BCUT2D eigenvalue weighted by Gasteiger charge is 2.43. The van der Waals surface area contributed by atoms with Gasteiger partial charge in [0.2, 0.25) is 0 Å². The van der Waals surface area contributed by atoms with Crippen molar-refractivity contribution in [2.45, 2.75) is 43.5 Å². The van der Waals surface area contributed by atoms with Crippen LogP contribution in [0, 0.1) is 0 Å². The van der Waals surface area contributed by atoms with E-state index in [1.165, 1.54) is 0 Å². The van der Waals surface area contributed by atoms with Gasteiger partial charge in [-0.2, -0.15) is 0 Å². The smallest absolute Gasteiger partial charge is 0.128 e. The van der Waals surface area contributed by atoms with Gasteiger partial charge in [-0.15, -0.1) is 0 Å². The number of ether oxygens (including phenoxy) is 1. The molecule has 0 unspecified atom stereocenters. The molecular formula is C20H23ClN2O2. The number of anilines is 1. The Morgan fingerprint density at radius 1 is 1.12 bits per heavy atom. The monoisotopic (exact) mass is 358 g/mol. The Balaban J connectivity index is 1.46. The van der Waals surface area contributed by atoms with Crippen LogP contribution in [0.4, 0.5) is 5.82 Å². The van der Waals surface area contributed by atoms with Gasteiger partial charge >= 0.3 is 0 Å². The first-order valence-corrected chi connectivity index (χ1v) is 9.29. The molecular weight excluding hydrogens is 336 g/mol. The summed E-state index contributed by atoms with van der Waals surface area (Å²) < 4.78 is 6.55. The average molecular weight is 359 g/mol. The van der Waals surface area contributed by atoms with E-state index < -0.39 is 0 Å². The minimum absolute atomic E-state index is 0.0230. The van der Waals surface area contributed by atoms with Crippen LogP contribution in [0.2, 0.25) is 5.02 Å². The zero-order valence-electron chi connectivity index (χ0n) is 14.1. The number of benzene rings is 1. The molecule has 25 heavy (non-hydrogen) atoms. The molecule has 0 saturated carbocycles. The van der Waals surface area contributed by atoms with Gasteiger partial charge in [0, 0.05) is 32.1 Å². The quantitative estimate of drug-likeness (QED) is 0.881. The van der Waals surface area contributed by atoms with Crippen molar-refractivity contribution in [2.24, 2.45) is 0 Å². The Labute approximate surface area is 153 Å². The van der Waals surface area contributed by atoms with Gasteiger partial charge in [0.1, 0.15) is 5.82 Å². The van der Waals surface area contributed by atoms with Crippen LogP contribution in [0.5, 0.6) is 0 Å². The molecule has 2 fully saturated rings. The number of aliphatic hydroxyl groups excluding tert-OH is 1. The van der Waals surface area contributed by atoms with Crippen LogP contribution in [-0.2, 0) is 4.74 Å². The highest BCUT2D eigenvalue weighted by molar-refractivity contribution is 6.30. The van der Waals surface area contributed by atoms with Crippen molar-refractivity contribution < 1.29 is 9.84 Å². The van der Waals surface area contributed by atoms with Crippen LogP contribution in [0.1, 0.15) is 37.4 Å². The fourth-order valence-corrected chi connectivity index (χ4v) is 4.16. The Morgan fingerprint density at radius 2 is 1.88 bits per heavy atom. The molecule has 0 amide bonds. The summed E-state index contributed by atoms with van der Waals surface area (Å²) in [6, 6.07) is 14.1. The maximum atomic E-state index is 10.5. The van der Waals surface area contributed by atoms with Crippen LogP contribution in [0.3, 0.4) is 0 Å². The van der Waals surface area contributed by atoms with E-state index in [2.05, 4.69) is 22.0 Å². The number of aromatic nitrogens is 1. The highest BCUT2D eigenvalue weighted by Crippen LogP contribution is 2.43. The molecule has 0 radical (unpaired) electrons. The lowest BCUT2D eigenvalue weighted by atomic mass is 9.81. The van der Waals surface area contributed by atoms with Crippen molar-refractivity contribution in [1.29, 1.82) is 0 Å². The van der Waals surface area contributed by atoms with E-state index in [-0.39, 0.29) is 17.8 Å². The van der Waals surface area contributed by atoms with Gasteiger partial charge in [0.25, 0.3) is 0 Å². The van der Waals surface area contributed by atoms with Gasteiger partial charge in [0.15, 0.2) is 0 Å². The normalized spacial score (nSPS) is 25.9. The molecule has 2 aliphatic heterocycles. The molecule has 132 valence electrons. The molecule has 4 nitrogen and oxygen atoms in total.